The number of rotatable bonds is 7. The van der Waals surface area contributed by atoms with Crippen LogP contribution < -0.4 is 5.32 Å². The largest absolute Gasteiger partial charge is 0.468 e. The molecule has 16 heavy (non-hydrogen) atoms. The fourth-order valence-electron chi connectivity index (χ4n) is 1.35. The van der Waals surface area contributed by atoms with Crippen LogP contribution in [0.3, 0.4) is 0 Å². The van der Waals surface area contributed by atoms with Crippen LogP contribution in [-0.4, -0.2) is 38.4 Å². The maximum Gasteiger partial charge on any atom is 0.323 e. The van der Waals surface area contributed by atoms with Gasteiger partial charge in [-0.05, 0) is 32.7 Å². The highest BCUT2D eigenvalue weighted by Gasteiger charge is 2.23. The Hall–Kier alpha value is -0.610. The van der Waals surface area contributed by atoms with Crippen molar-refractivity contribution in [1.82, 2.24) is 5.32 Å². The lowest BCUT2D eigenvalue weighted by Crippen LogP contribution is -2.43. The van der Waals surface area contributed by atoms with E-state index in [4.69, 9.17) is 9.47 Å². The van der Waals surface area contributed by atoms with Gasteiger partial charge in [0.25, 0.3) is 0 Å². The Morgan fingerprint density at radius 2 is 1.88 bits per heavy atom. The molecule has 0 unspecified atom stereocenters. The van der Waals surface area contributed by atoms with Gasteiger partial charge in [-0.1, -0.05) is 13.8 Å². The minimum absolute atomic E-state index is 0.162. The molecule has 0 aromatic carbocycles. The van der Waals surface area contributed by atoms with Crippen LogP contribution in [0, 0.1) is 5.92 Å². The van der Waals surface area contributed by atoms with Crippen LogP contribution in [0.1, 0.15) is 34.1 Å². The predicted molar refractivity (Wildman–Crippen MR) is 64.3 cm³/mol. The summed E-state index contributed by atoms with van der Waals surface area (Å²) >= 11 is 0. The zero-order chi connectivity index (χ0) is 12.8. The minimum Gasteiger partial charge on any atom is -0.468 e. The van der Waals surface area contributed by atoms with E-state index in [1.54, 1.807) is 7.11 Å². The molecule has 4 nitrogen and oxygen atoms in total. The predicted octanol–water partition coefficient (Wildman–Crippen LogP) is 1.59. The molecule has 0 saturated heterocycles. The number of carbonyl (C=O) groups excluding carboxylic acids is 1. The van der Waals surface area contributed by atoms with Gasteiger partial charge in [-0.25, -0.2) is 0 Å². The summed E-state index contributed by atoms with van der Waals surface area (Å²) in [5.41, 5.74) is -0.162. The number of nitrogens with one attached hydrogen (secondary N) is 1. The van der Waals surface area contributed by atoms with Crippen molar-refractivity contribution in [2.24, 2.45) is 5.92 Å². The summed E-state index contributed by atoms with van der Waals surface area (Å²) in [7, 11) is 3.11. The summed E-state index contributed by atoms with van der Waals surface area (Å²) in [5.74, 6) is 0.0170. The maximum atomic E-state index is 11.5. The number of ether oxygens (including phenoxy) is 2. The second-order valence-electron chi connectivity index (χ2n) is 4.91. The summed E-state index contributed by atoms with van der Waals surface area (Å²) in [4.78, 5) is 11.5. The van der Waals surface area contributed by atoms with E-state index in [-0.39, 0.29) is 23.5 Å². The first-order valence-electron chi connectivity index (χ1n) is 5.70. The van der Waals surface area contributed by atoms with Crippen LogP contribution >= 0.6 is 0 Å². The van der Waals surface area contributed by atoms with Crippen molar-refractivity contribution in [3.05, 3.63) is 0 Å². The van der Waals surface area contributed by atoms with Crippen molar-refractivity contribution in [3.63, 3.8) is 0 Å². The molecule has 0 saturated carbocycles. The molecule has 0 spiro atoms. The Morgan fingerprint density at radius 1 is 1.31 bits per heavy atom. The molecule has 4 heteroatoms. The number of carbonyl (C=O) groups is 1. The van der Waals surface area contributed by atoms with Gasteiger partial charge in [0.2, 0.25) is 0 Å². The SMILES string of the molecule is COC(=O)[C@@H](NCCC(C)(C)OC)C(C)C. The van der Waals surface area contributed by atoms with Gasteiger partial charge in [-0.3, -0.25) is 4.79 Å². The molecule has 1 atom stereocenters. The lowest BCUT2D eigenvalue weighted by atomic mass is 10.0. The summed E-state index contributed by atoms with van der Waals surface area (Å²) < 4.78 is 10.1. The van der Waals surface area contributed by atoms with Crippen LogP contribution in [0.4, 0.5) is 0 Å². The van der Waals surface area contributed by atoms with E-state index in [0.29, 0.717) is 0 Å². The second-order valence-corrected chi connectivity index (χ2v) is 4.91. The fourth-order valence-corrected chi connectivity index (χ4v) is 1.35. The fraction of sp³-hybridized carbons (Fsp3) is 0.917. The molecule has 96 valence electrons. The Bertz CT molecular complexity index is 214. The number of esters is 1. The quantitative estimate of drug-likeness (QED) is 0.676. The first-order chi connectivity index (χ1) is 7.34. The molecule has 0 aliphatic carbocycles. The van der Waals surface area contributed by atoms with Crippen molar-refractivity contribution in [1.29, 1.82) is 0 Å². The normalized spacial score (nSPS) is 13.9. The summed E-state index contributed by atoms with van der Waals surface area (Å²) in [6.45, 7) is 8.78. The summed E-state index contributed by atoms with van der Waals surface area (Å²) in [6.07, 6.45) is 0.851. The molecule has 0 aromatic heterocycles. The number of methoxy groups -OCH3 is 2. The van der Waals surface area contributed by atoms with Crippen molar-refractivity contribution in [3.8, 4) is 0 Å². The van der Waals surface area contributed by atoms with Crippen LogP contribution in [0.15, 0.2) is 0 Å². The van der Waals surface area contributed by atoms with Gasteiger partial charge in [-0.2, -0.15) is 0 Å². The molecular formula is C12H25NO3. The van der Waals surface area contributed by atoms with Gasteiger partial charge in [-0.15, -0.1) is 0 Å². The van der Waals surface area contributed by atoms with Crippen molar-refractivity contribution >= 4 is 5.97 Å². The molecule has 0 rings (SSSR count). The third-order valence-electron chi connectivity index (χ3n) is 2.77. The minimum atomic E-state index is -0.238. The Labute approximate surface area is 98.7 Å². The van der Waals surface area contributed by atoms with Crippen LogP contribution in [0.5, 0.6) is 0 Å². The zero-order valence-electron chi connectivity index (χ0n) is 11.3. The van der Waals surface area contributed by atoms with Gasteiger partial charge in [0.15, 0.2) is 0 Å². The Kier molecular flexibility index (Phi) is 6.60. The van der Waals surface area contributed by atoms with E-state index in [9.17, 15) is 4.79 Å². The van der Waals surface area contributed by atoms with E-state index in [1.807, 2.05) is 27.7 Å². The highest BCUT2D eigenvalue weighted by atomic mass is 16.5. The first kappa shape index (κ1) is 15.4. The lowest BCUT2D eigenvalue weighted by Gasteiger charge is -2.25. The van der Waals surface area contributed by atoms with Gasteiger partial charge in [0.05, 0.1) is 12.7 Å². The zero-order valence-corrected chi connectivity index (χ0v) is 11.3. The summed E-state index contributed by atoms with van der Waals surface area (Å²) in [5, 5.41) is 3.21. The molecule has 0 fully saturated rings. The third kappa shape index (κ3) is 5.47. The van der Waals surface area contributed by atoms with Gasteiger partial charge < -0.3 is 14.8 Å². The molecule has 0 aromatic rings. The van der Waals surface area contributed by atoms with Crippen molar-refractivity contribution in [2.75, 3.05) is 20.8 Å². The van der Waals surface area contributed by atoms with Crippen molar-refractivity contribution in [2.45, 2.75) is 45.8 Å². The molecule has 0 radical (unpaired) electrons. The molecule has 0 heterocycles. The molecular weight excluding hydrogens is 206 g/mol. The average Bonchev–Trinajstić information content (AvgIpc) is 2.23. The first-order valence-corrected chi connectivity index (χ1v) is 5.70. The highest BCUT2D eigenvalue weighted by Crippen LogP contribution is 2.12. The smallest absolute Gasteiger partial charge is 0.323 e. The lowest BCUT2D eigenvalue weighted by molar-refractivity contribution is -0.144. The van der Waals surface area contributed by atoms with E-state index in [0.717, 1.165) is 13.0 Å². The molecule has 1 N–H and O–H groups in total. The van der Waals surface area contributed by atoms with Crippen LogP contribution in [0.2, 0.25) is 0 Å². The van der Waals surface area contributed by atoms with Crippen LogP contribution in [0.25, 0.3) is 0 Å². The molecule has 0 bridgehead atoms. The molecule has 0 aliphatic rings. The molecule has 0 amide bonds. The second kappa shape index (κ2) is 6.86. The van der Waals surface area contributed by atoms with E-state index >= 15 is 0 Å². The molecule has 0 aliphatic heterocycles. The third-order valence-corrected chi connectivity index (χ3v) is 2.77. The van der Waals surface area contributed by atoms with Gasteiger partial charge in [0, 0.05) is 7.11 Å². The topological polar surface area (TPSA) is 47.6 Å². The Balaban J connectivity index is 4.09. The average molecular weight is 231 g/mol. The van der Waals surface area contributed by atoms with Gasteiger partial charge >= 0.3 is 5.97 Å². The number of hydrogen-bond donors (Lipinski definition) is 1. The highest BCUT2D eigenvalue weighted by molar-refractivity contribution is 5.75. The number of hydrogen-bond acceptors (Lipinski definition) is 4. The van der Waals surface area contributed by atoms with Crippen molar-refractivity contribution < 1.29 is 14.3 Å². The van der Waals surface area contributed by atoms with Crippen LogP contribution in [-0.2, 0) is 14.3 Å². The van der Waals surface area contributed by atoms with E-state index in [1.165, 1.54) is 7.11 Å². The van der Waals surface area contributed by atoms with Gasteiger partial charge in [0.1, 0.15) is 6.04 Å². The maximum absolute atomic E-state index is 11.5. The Morgan fingerprint density at radius 3 is 2.25 bits per heavy atom. The monoisotopic (exact) mass is 231 g/mol. The summed E-state index contributed by atoms with van der Waals surface area (Å²) in [6, 6.07) is -0.238. The standard InChI is InChI=1S/C12H25NO3/c1-9(2)10(11(14)15-5)13-8-7-12(3,4)16-6/h9-10,13H,7-8H2,1-6H3/t10-/m0/s1. The van der Waals surface area contributed by atoms with E-state index in [2.05, 4.69) is 5.32 Å². The van der Waals surface area contributed by atoms with E-state index < -0.39 is 0 Å².